The van der Waals surface area contributed by atoms with Gasteiger partial charge >= 0.3 is 6.03 Å². The first-order chi connectivity index (χ1) is 9.76. The topological polar surface area (TPSA) is 64.9 Å². The normalized spacial score (nSPS) is 23.9. The zero-order valence-electron chi connectivity index (χ0n) is 11.5. The second kappa shape index (κ2) is 5.54. The highest BCUT2D eigenvalue weighted by molar-refractivity contribution is 5.89. The molecule has 3 rings (SSSR count). The highest BCUT2D eigenvalue weighted by Crippen LogP contribution is 2.26. The number of nitrogens with one attached hydrogen (secondary N) is 2. The molecule has 0 aromatic heterocycles. The maximum absolute atomic E-state index is 12.0. The Morgan fingerprint density at radius 3 is 2.90 bits per heavy atom. The fourth-order valence-electron chi connectivity index (χ4n) is 3.27. The third-order valence-corrected chi connectivity index (χ3v) is 4.35. The van der Waals surface area contributed by atoms with Crippen LogP contribution in [0.25, 0.3) is 0 Å². The number of aryl methyl sites for hydroxylation is 2. The van der Waals surface area contributed by atoms with Crippen molar-refractivity contribution in [1.29, 1.82) is 5.26 Å². The Bertz CT molecular complexity index is 561. The molecule has 1 aromatic rings. The minimum atomic E-state index is -0.199. The van der Waals surface area contributed by atoms with Gasteiger partial charge < -0.3 is 10.6 Å². The predicted octanol–water partition coefficient (Wildman–Crippen LogP) is 2.99. The molecule has 4 heteroatoms. The van der Waals surface area contributed by atoms with E-state index >= 15 is 0 Å². The average Bonchev–Trinajstić information content (AvgIpc) is 3.06. The van der Waals surface area contributed by atoms with Gasteiger partial charge in [0.15, 0.2) is 0 Å². The molecule has 0 saturated heterocycles. The molecule has 20 heavy (non-hydrogen) atoms. The molecule has 1 fully saturated rings. The summed E-state index contributed by atoms with van der Waals surface area (Å²) in [7, 11) is 0. The van der Waals surface area contributed by atoms with Crippen LogP contribution in [0.15, 0.2) is 18.2 Å². The van der Waals surface area contributed by atoms with Crippen LogP contribution < -0.4 is 10.6 Å². The molecule has 1 saturated carbocycles. The van der Waals surface area contributed by atoms with Gasteiger partial charge in [0.25, 0.3) is 0 Å². The lowest BCUT2D eigenvalue weighted by Gasteiger charge is -2.16. The molecule has 2 atom stereocenters. The van der Waals surface area contributed by atoms with Crippen molar-refractivity contribution in [2.24, 2.45) is 5.92 Å². The fourth-order valence-corrected chi connectivity index (χ4v) is 3.27. The van der Waals surface area contributed by atoms with Crippen molar-refractivity contribution < 1.29 is 4.79 Å². The molecule has 2 aliphatic carbocycles. The molecular formula is C16H19N3O. The van der Waals surface area contributed by atoms with Gasteiger partial charge in [0.1, 0.15) is 0 Å². The van der Waals surface area contributed by atoms with Crippen molar-refractivity contribution in [2.45, 2.75) is 44.6 Å². The van der Waals surface area contributed by atoms with Gasteiger partial charge in [0, 0.05) is 11.7 Å². The van der Waals surface area contributed by atoms with Crippen LogP contribution in [0.2, 0.25) is 0 Å². The van der Waals surface area contributed by atoms with Crippen LogP contribution in [-0.4, -0.2) is 12.1 Å². The number of carbonyl (C=O) groups is 1. The fraction of sp³-hybridized carbons (Fsp3) is 0.500. The number of benzene rings is 1. The van der Waals surface area contributed by atoms with Crippen LogP contribution in [0.5, 0.6) is 0 Å². The summed E-state index contributed by atoms with van der Waals surface area (Å²) in [6.07, 6.45) is 6.26. The van der Waals surface area contributed by atoms with Gasteiger partial charge in [0.2, 0.25) is 0 Å². The smallest absolute Gasteiger partial charge is 0.319 e. The first kappa shape index (κ1) is 13.0. The quantitative estimate of drug-likeness (QED) is 0.866. The Hall–Kier alpha value is -2.02. The lowest BCUT2D eigenvalue weighted by atomic mass is 10.1. The minimum Gasteiger partial charge on any atom is -0.334 e. The Morgan fingerprint density at radius 1 is 1.20 bits per heavy atom. The van der Waals surface area contributed by atoms with Gasteiger partial charge in [-0.1, -0.05) is 6.07 Å². The van der Waals surface area contributed by atoms with Crippen molar-refractivity contribution in [3.05, 3.63) is 29.3 Å². The molecule has 1 aromatic carbocycles. The maximum atomic E-state index is 12.0. The van der Waals surface area contributed by atoms with E-state index in [-0.39, 0.29) is 18.0 Å². The molecule has 0 aliphatic heterocycles. The Morgan fingerprint density at radius 2 is 2.05 bits per heavy atom. The average molecular weight is 269 g/mol. The molecule has 2 aliphatic rings. The molecule has 0 radical (unpaired) electrons. The highest BCUT2D eigenvalue weighted by atomic mass is 16.2. The van der Waals surface area contributed by atoms with Crippen molar-refractivity contribution in [3.63, 3.8) is 0 Å². The Balaban J connectivity index is 1.60. The van der Waals surface area contributed by atoms with Crippen molar-refractivity contribution in [2.75, 3.05) is 5.32 Å². The van der Waals surface area contributed by atoms with E-state index in [0.29, 0.717) is 0 Å². The van der Waals surface area contributed by atoms with Crippen molar-refractivity contribution in [1.82, 2.24) is 5.32 Å². The first-order valence-electron chi connectivity index (χ1n) is 7.35. The van der Waals surface area contributed by atoms with Gasteiger partial charge in [-0.3, -0.25) is 0 Å². The summed E-state index contributed by atoms with van der Waals surface area (Å²) < 4.78 is 0. The summed E-state index contributed by atoms with van der Waals surface area (Å²) in [6, 6.07) is 8.20. The molecular weight excluding hydrogens is 250 g/mol. The molecule has 0 bridgehead atoms. The summed E-state index contributed by atoms with van der Waals surface area (Å²) in [6.45, 7) is 0. The number of urea groups is 1. The van der Waals surface area contributed by atoms with Crippen LogP contribution in [0, 0.1) is 17.2 Å². The van der Waals surface area contributed by atoms with E-state index in [1.54, 1.807) is 0 Å². The Labute approximate surface area is 119 Å². The van der Waals surface area contributed by atoms with E-state index in [9.17, 15) is 4.79 Å². The summed E-state index contributed by atoms with van der Waals surface area (Å²) in [5, 5.41) is 14.8. The first-order valence-corrected chi connectivity index (χ1v) is 7.35. The largest absolute Gasteiger partial charge is 0.334 e. The standard InChI is InChI=1S/C16H19N3O/c17-10-13-5-2-6-15(13)19-16(20)18-14-8-7-11-3-1-4-12(11)9-14/h7-9,13,15H,1-6H2,(H2,18,19,20)/t13-,15+/m1/s1. The molecule has 0 spiro atoms. The number of hydrogen-bond acceptors (Lipinski definition) is 2. The number of rotatable bonds is 2. The maximum Gasteiger partial charge on any atom is 0.319 e. The molecule has 4 nitrogen and oxygen atoms in total. The molecule has 0 heterocycles. The second-order valence-electron chi connectivity index (χ2n) is 5.71. The Kier molecular flexibility index (Phi) is 3.60. The van der Waals surface area contributed by atoms with Gasteiger partial charge in [-0.25, -0.2) is 4.79 Å². The number of anilines is 1. The van der Waals surface area contributed by atoms with E-state index in [1.807, 2.05) is 6.07 Å². The molecule has 2 amide bonds. The monoisotopic (exact) mass is 269 g/mol. The molecule has 104 valence electrons. The van der Waals surface area contributed by atoms with Gasteiger partial charge in [-0.15, -0.1) is 0 Å². The van der Waals surface area contributed by atoms with E-state index in [0.717, 1.165) is 37.8 Å². The van der Waals surface area contributed by atoms with Crippen LogP contribution in [0.3, 0.4) is 0 Å². The van der Waals surface area contributed by atoms with E-state index in [4.69, 9.17) is 5.26 Å². The van der Waals surface area contributed by atoms with Crippen molar-refractivity contribution in [3.8, 4) is 6.07 Å². The zero-order valence-corrected chi connectivity index (χ0v) is 11.5. The molecule has 2 N–H and O–H groups in total. The van der Waals surface area contributed by atoms with Crippen LogP contribution >= 0.6 is 0 Å². The SMILES string of the molecule is N#C[C@H]1CCC[C@@H]1NC(=O)Nc1ccc2c(c1)CCC2. The number of nitriles is 1. The number of nitrogens with zero attached hydrogens (tertiary/aromatic N) is 1. The van der Waals surface area contributed by atoms with Crippen LogP contribution in [0.1, 0.15) is 36.8 Å². The lowest BCUT2D eigenvalue weighted by Crippen LogP contribution is -2.39. The van der Waals surface area contributed by atoms with Crippen molar-refractivity contribution >= 4 is 11.7 Å². The number of amides is 2. The number of fused-ring (bicyclic) bond motifs is 1. The third-order valence-electron chi connectivity index (χ3n) is 4.35. The summed E-state index contributed by atoms with van der Waals surface area (Å²) in [5.74, 6) is -0.0410. The van der Waals surface area contributed by atoms with Gasteiger partial charge in [0.05, 0.1) is 12.0 Å². The second-order valence-corrected chi connectivity index (χ2v) is 5.71. The summed E-state index contributed by atoms with van der Waals surface area (Å²) in [4.78, 5) is 12.0. The predicted molar refractivity (Wildman–Crippen MR) is 77.4 cm³/mol. The number of carbonyl (C=O) groups excluding carboxylic acids is 1. The van der Waals surface area contributed by atoms with Crippen LogP contribution in [-0.2, 0) is 12.8 Å². The highest BCUT2D eigenvalue weighted by Gasteiger charge is 2.28. The summed E-state index contributed by atoms with van der Waals surface area (Å²) in [5.41, 5.74) is 3.59. The molecule has 0 unspecified atom stereocenters. The third kappa shape index (κ3) is 2.62. The van der Waals surface area contributed by atoms with Gasteiger partial charge in [-0.05, 0) is 61.8 Å². The van der Waals surface area contributed by atoms with Crippen LogP contribution in [0.4, 0.5) is 10.5 Å². The number of hydrogen-bond donors (Lipinski definition) is 2. The van der Waals surface area contributed by atoms with E-state index in [2.05, 4.69) is 28.8 Å². The van der Waals surface area contributed by atoms with E-state index in [1.165, 1.54) is 17.5 Å². The summed E-state index contributed by atoms with van der Waals surface area (Å²) >= 11 is 0. The minimum absolute atomic E-state index is 0.00516. The van der Waals surface area contributed by atoms with E-state index < -0.39 is 0 Å². The van der Waals surface area contributed by atoms with Gasteiger partial charge in [-0.2, -0.15) is 5.26 Å². The lowest BCUT2D eigenvalue weighted by molar-refractivity contribution is 0.247. The zero-order chi connectivity index (χ0) is 13.9.